The van der Waals surface area contributed by atoms with Crippen LogP contribution in [-0.4, -0.2) is 52.7 Å². The molecule has 3 aromatic rings. The fraction of sp³-hybridized carbons (Fsp3) is 0.300. The minimum absolute atomic E-state index is 0.183. The van der Waals surface area contributed by atoms with Gasteiger partial charge >= 0.3 is 0 Å². The van der Waals surface area contributed by atoms with Crippen molar-refractivity contribution in [1.82, 2.24) is 4.98 Å². The predicted molar refractivity (Wildman–Crippen MR) is 113 cm³/mol. The van der Waals surface area contributed by atoms with E-state index in [1.54, 1.807) is 17.0 Å². The molecule has 28 heavy (non-hydrogen) atoms. The molecule has 148 valence electrons. The maximum Gasteiger partial charge on any atom is 0.260 e. The van der Waals surface area contributed by atoms with Crippen LogP contribution in [0.15, 0.2) is 47.4 Å². The second-order valence-corrected chi connectivity index (χ2v) is 10.2. The molecular weight excluding hydrogens is 394 g/mol. The Morgan fingerprint density at radius 2 is 1.82 bits per heavy atom. The summed E-state index contributed by atoms with van der Waals surface area (Å²) in [6, 6.07) is 12.1. The zero-order valence-electron chi connectivity index (χ0n) is 16.4. The molecule has 1 N–H and O–H groups in total. The van der Waals surface area contributed by atoms with Gasteiger partial charge in [0.25, 0.3) is 5.91 Å². The third kappa shape index (κ3) is 4.57. The number of benzene rings is 2. The first-order valence-electron chi connectivity index (χ1n) is 8.93. The lowest BCUT2D eigenvalue weighted by molar-refractivity contribution is -0.856. The van der Waals surface area contributed by atoms with E-state index in [1.165, 1.54) is 28.4 Å². The number of hydrogen-bond acceptors (Lipinski definition) is 5. The molecule has 0 atom stereocenters. The highest BCUT2D eigenvalue weighted by molar-refractivity contribution is 7.90. The number of rotatable bonds is 6. The normalized spacial score (nSPS) is 11.9. The van der Waals surface area contributed by atoms with Crippen LogP contribution in [0.1, 0.15) is 15.9 Å². The lowest BCUT2D eigenvalue weighted by Gasteiger charge is -2.20. The van der Waals surface area contributed by atoms with E-state index in [0.717, 1.165) is 28.6 Å². The first kappa shape index (κ1) is 20.4. The average molecular weight is 419 g/mol. The molecule has 0 aliphatic carbocycles. The summed E-state index contributed by atoms with van der Waals surface area (Å²) in [6.45, 7) is 3.32. The van der Waals surface area contributed by atoms with E-state index < -0.39 is 9.84 Å². The fourth-order valence-corrected chi connectivity index (χ4v) is 4.47. The Morgan fingerprint density at radius 1 is 1.14 bits per heavy atom. The van der Waals surface area contributed by atoms with Crippen LogP contribution < -0.4 is 9.80 Å². The minimum Gasteiger partial charge on any atom is -0.338 e. The Kier molecular flexibility index (Phi) is 5.83. The summed E-state index contributed by atoms with van der Waals surface area (Å²) in [5, 5.41) is 0.652. The van der Waals surface area contributed by atoms with E-state index in [9.17, 15) is 13.2 Å². The van der Waals surface area contributed by atoms with Gasteiger partial charge in [-0.05, 0) is 48.9 Å². The molecule has 8 heteroatoms. The lowest BCUT2D eigenvalue weighted by atomic mass is 10.2. The molecule has 0 aliphatic rings. The highest BCUT2D eigenvalue weighted by atomic mass is 32.2. The van der Waals surface area contributed by atoms with Crippen molar-refractivity contribution in [2.24, 2.45) is 0 Å². The summed E-state index contributed by atoms with van der Waals surface area (Å²) in [7, 11) is 0.767. The first-order valence-corrected chi connectivity index (χ1v) is 11.6. The number of carbonyl (C=O) groups excluding carboxylic acids is 1. The number of amides is 1. The largest absolute Gasteiger partial charge is 0.338 e. The highest BCUT2D eigenvalue weighted by Crippen LogP contribution is 2.30. The van der Waals surface area contributed by atoms with Gasteiger partial charge in [-0.1, -0.05) is 17.4 Å². The predicted octanol–water partition coefficient (Wildman–Crippen LogP) is 1.80. The molecule has 2 aromatic carbocycles. The van der Waals surface area contributed by atoms with Crippen LogP contribution in [0.5, 0.6) is 0 Å². The number of quaternary nitrogens is 1. The summed E-state index contributed by atoms with van der Waals surface area (Å²) in [5.74, 6) is -0.183. The van der Waals surface area contributed by atoms with E-state index >= 15 is 0 Å². The van der Waals surface area contributed by atoms with Crippen LogP contribution in [0, 0.1) is 6.92 Å². The number of carbonyl (C=O) groups is 1. The van der Waals surface area contributed by atoms with Gasteiger partial charge in [-0.3, -0.25) is 9.69 Å². The van der Waals surface area contributed by atoms with Crippen LogP contribution in [0.4, 0.5) is 5.13 Å². The maximum absolute atomic E-state index is 13.2. The van der Waals surface area contributed by atoms with Gasteiger partial charge in [-0.25, -0.2) is 13.4 Å². The fourth-order valence-electron chi connectivity index (χ4n) is 2.76. The number of likely N-dealkylation sites (N-methyl/N-ethyl adjacent to an activating group) is 1. The van der Waals surface area contributed by atoms with Gasteiger partial charge in [0.1, 0.15) is 0 Å². The van der Waals surface area contributed by atoms with Crippen molar-refractivity contribution in [1.29, 1.82) is 0 Å². The van der Waals surface area contributed by atoms with Gasteiger partial charge in [0, 0.05) is 11.8 Å². The smallest absolute Gasteiger partial charge is 0.260 e. The summed E-state index contributed by atoms with van der Waals surface area (Å²) in [6.07, 6.45) is 1.15. The van der Waals surface area contributed by atoms with Crippen LogP contribution >= 0.6 is 11.3 Å². The summed E-state index contributed by atoms with van der Waals surface area (Å²) in [5.41, 5.74) is 2.46. The standard InChI is InChI=1S/C20H23N3O3S2/c1-14-5-10-17-18(13-14)27-20(21-17)23(12-11-22(2)3)19(24)15-6-8-16(9-7-15)28(4,25)26/h5-10,13H,11-12H2,1-4H3/p+1. The summed E-state index contributed by atoms with van der Waals surface area (Å²) in [4.78, 5) is 21.0. The summed E-state index contributed by atoms with van der Waals surface area (Å²) >= 11 is 1.49. The molecule has 0 aliphatic heterocycles. The van der Waals surface area contributed by atoms with Gasteiger partial charge in [-0.2, -0.15) is 0 Å². The van der Waals surface area contributed by atoms with E-state index in [2.05, 4.69) is 11.1 Å². The van der Waals surface area contributed by atoms with Crippen molar-refractivity contribution >= 4 is 42.4 Å². The van der Waals surface area contributed by atoms with Crippen molar-refractivity contribution in [3.8, 4) is 0 Å². The van der Waals surface area contributed by atoms with Gasteiger partial charge in [-0.15, -0.1) is 0 Å². The molecular formula is C20H24N3O3S2+. The molecule has 0 radical (unpaired) electrons. The molecule has 6 nitrogen and oxygen atoms in total. The molecule has 0 fully saturated rings. The number of hydrogen-bond donors (Lipinski definition) is 1. The van der Waals surface area contributed by atoms with Gasteiger partial charge in [0.2, 0.25) is 0 Å². The number of aryl methyl sites for hydroxylation is 1. The number of thiazole rings is 1. The van der Waals surface area contributed by atoms with Crippen molar-refractivity contribution in [2.45, 2.75) is 11.8 Å². The van der Waals surface area contributed by atoms with E-state index in [0.29, 0.717) is 17.2 Å². The lowest BCUT2D eigenvalue weighted by Crippen LogP contribution is -3.06. The maximum atomic E-state index is 13.2. The number of nitrogens with one attached hydrogen (secondary N) is 1. The summed E-state index contributed by atoms with van der Waals surface area (Å²) < 4.78 is 24.4. The molecule has 1 aromatic heterocycles. The van der Waals surface area contributed by atoms with Crippen LogP contribution in [0.3, 0.4) is 0 Å². The number of aromatic nitrogens is 1. The Hall–Kier alpha value is -2.29. The molecule has 0 saturated carbocycles. The zero-order valence-corrected chi connectivity index (χ0v) is 18.0. The molecule has 0 spiro atoms. The van der Waals surface area contributed by atoms with E-state index in [-0.39, 0.29) is 10.8 Å². The Balaban J connectivity index is 1.97. The number of sulfone groups is 1. The van der Waals surface area contributed by atoms with Crippen molar-refractivity contribution < 1.29 is 18.1 Å². The number of fused-ring (bicyclic) bond motifs is 1. The van der Waals surface area contributed by atoms with Crippen molar-refractivity contribution in [3.05, 3.63) is 53.6 Å². The molecule has 0 saturated heterocycles. The van der Waals surface area contributed by atoms with E-state index in [4.69, 9.17) is 0 Å². The third-order valence-electron chi connectivity index (χ3n) is 4.37. The molecule has 3 rings (SSSR count). The number of nitrogens with zero attached hydrogens (tertiary/aromatic N) is 2. The monoisotopic (exact) mass is 418 g/mol. The van der Waals surface area contributed by atoms with E-state index in [1.807, 2.05) is 33.2 Å². The minimum atomic E-state index is -3.30. The van der Waals surface area contributed by atoms with Crippen molar-refractivity contribution in [2.75, 3.05) is 38.3 Å². The van der Waals surface area contributed by atoms with Gasteiger partial charge in [0.05, 0.1) is 42.3 Å². The topological polar surface area (TPSA) is 71.8 Å². The quantitative estimate of drug-likeness (QED) is 0.663. The molecule has 1 amide bonds. The Bertz CT molecular complexity index is 1100. The van der Waals surface area contributed by atoms with Crippen molar-refractivity contribution in [3.63, 3.8) is 0 Å². The number of anilines is 1. The highest BCUT2D eigenvalue weighted by Gasteiger charge is 2.22. The van der Waals surface area contributed by atoms with Crippen LogP contribution in [0.2, 0.25) is 0 Å². The van der Waals surface area contributed by atoms with Gasteiger partial charge in [0.15, 0.2) is 15.0 Å². The average Bonchev–Trinajstić information content (AvgIpc) is 3.03. The SMILES string of the molecule is Cc1ccc2nc(N(CC[NH+](C)C)C(=O)c3ccc(S(C)(=O)=O)cc3)sc2c1. The first-order chi connectivity index (χ1) is 13.1. The van der Waals surface area contributed by atoms with Crippen LogP contribution in [0.25, 0.3) is 10.2 Å². The Labute approximate surface area is 169 Å². The van der Waals surface area contributed by atoms with Gasteiger partial charge < -0.3 is 4.90 Å². The Morgan fingerprint density at radius 3 is 2.43 bits per heavy atom. The second-order valence-electron chi connectivity index (χ2n) is 7.18. The zero-order chi connectivity index (χ0) is 20.5. The third-order valence-corrected chi connectivity index (χ3v) is 6.54. The second kappa shape index (κ2) is 7.98. The molecule has 1 heterocycles. The molecule has 0 bridgehead atoms. The van der Waals surface area contributed by atoms with Crippen LogP contribution in [-0.2, 0) is 9.84 Å². The molecule has 0 unspecified atom stereocenters.